The number of piperazine rings is 1. The number of hydrogen-bond donors (Lipinski definition) is 1. The number of amides is 1. The average molecular weight is 254 g/mol. The third-order valence-corrected chi connectivity index (χ3v) is 4.22. The highest BCUT2D eigenvalue weighted by atomic mass is 32.1. The van der Waals surface area contributed by atoms with Gasteiger partial charge < -0.3 is 15.0 Å². The quantitative estimate of drug-likeness (QED) is 0.871. The van der Waals surface area contributed by atoms with Gasteiger partial charge in [0.2, 0.25) is 0 Å². The largest absolute Gasteiger partial charge is 0.495 e. The zero-order valence-corrected chi connectivity index (χ0v) is 11.2. The van der Waals surface area contributed by atoms with Gasteiger partial charge >= 0.3 is 0 Å². The van der Waals surface area contributed by atoms with Crippen LogP contribution in [0.4, 0.5) is 0 Å². The van der Waals surface area contributed by atoms with E-state index < -0.39 is 0 Å². The van der Waals surface area contributed by atoms with Gasteiger partial charge in [-0.1, -0.05) is 0 Å². The van der Waals surface area contributed by atoms with Gasteiger partial charge in [0, 0.05) is 25.2 Å². The van der Waals surface area contributed by atoms with Gasteiger partial charge in [0.15, 0.2) is 0 Å². The number of nitrogens with zero attached hydrogens (tertiary/aromatic N) is 1. The first-order valence-electron chi connectivity index (χ1n) is 5.81. The SMILES string of the molecule is COc1ccsc1C(=O)N1CCNC(C)C1C. The van der Waals surface area contributed by atoms with Crippen molar-refractivity contribution in [3.05, 3.63) is 16.3 Å². The van der Waals surface area contributed by atoms with Crippen molar-refractivity contribution in [1.82, 2.24) is 10.2 Å². The Kier molecular flexibility index (Phi) is 3.69. The molecule has 2 heterocycles. The van der Waals surface area contributed by atoms with E-state index in [0.717, 1.165) is 13.1 Å². The lowest BCUT2D eigenvalue weighted by Crippen LogP contribution is -2.57. The zero-order valence-electron chi connectivity index (χ0n) is 10.4. The molecule has 0 bridgehead atoms. The summed E-state index contributed by atoms with van der Waals surface area (Å²) in [5, 5.41) is 5.26. The molecule has 1 aliphatic rings. The maximum atomic E-state index is 12.4. The van der Waals surface area contributed by atoms with E-state index in [1.165, 1.54) is 11.3 Å². The minimum atomic E-state index is 0.0812. The van der Waals surface area contributed by atoms with Crippen LogP contribution in [0, 0.1) is 0 Å². The van der Waals surface area contributed by atoms with Crippen molar-refractivity contribution >= 4 is 17.2 Å². The molecule has 1 saturated heterocycles. The Hall–Kier alpha value is -1.07. The van der Waals surface area contributed by atoms with Gasteiger partial charge in [0.05, 0.1) is 7.11 Å². The predicted octanol–water partition coefficient (Wildman–Crippen LogP) is 1.58. The van der Waals surface area contributed by atoms with Crippen molar-refractivity contribution in [2.24, 2.45) is 0 Å². The van der Waals surface area contributed by atoms with E-state index >= 15 is 0 Å². The topological polar surface area (TPSA) is 41.6 Å². The first kappa shape index (κ1) is 12.4. The Bertz CT molecular complexity index is 405. The molecule has 4 nitrogen and oxygen atoms in total. The number of hydrogen-bond acceptors (Lipinski definition) is 4. The number of carbonyl (C=O) groups is 1. The standard InChI is InChI=1S/C12H18N2O2S/c1-8-9(2)14(6-5-13-8)12(15)11-10(16-3)4-7-17-11/h4,7-9,13H,5-6H2,1-3H3. The van der Waals surface area contributed by atoms with Crippen molar-refractivity contribution in [2.45, 2.75) is 25.9 Å². The summed E-state index contributed by atoms with van der Waals surface area (Å²) < 4.78 is 5.21. The molecule has 0 radical (unpaired) electrons. The minimum Gasteiger partial charge on any atom is -0.495 e. The van der Waals surface area contributed by atoms with E-state index in [-0.39, 0.29) is 11.9 Å². The fraction of sp³-hybridized carbons (Fsp3) is 0.583. The summed E-state index contributed by atoms with van der Waals surface area (Å²) in [4.78, 5) is 15.1. The number of nitrogens with one attached hydrogen (secondary N) is 1. The Balaban J connectivity index is 2.19. The van der Waals surface area contributed by atoms with Gasteiger partial charge in [0.25, 0.3) is 5.91 Å². The van der Waals surface area contributed by atoms with Crippen LogP contribution in [0.25, 0.3) is 0 Å². The second-order valence-corrected chi connectivity index (χ2v) is 5.22. The van der Waals surface area contributed by atoms with E-state index in [1.807, 2.05) is 16.3 Å². The van der Waals surface area contributed by atoms with E-state index in [1.54, 1.807) is 7.11 Å². The third-order valence-electron chi connectivity index (χ3n) is 3.34. The van der Waals surface area contributed by atoms with E-state index in [2.05, 4.69) is 19.2 Å². The summed E-state index contributed by atoms with van der Waals surface area (Å²) in [6.45, 7) is 5.79. The van der Waals surface area contributed by atoms with E-state index in [9.17, 15) is 4.79 Å². The molecule has 5 heteroatoms. The van der Waals surface area contributed by atoms with Crippen molar-refractivity contribution < 1.29 is 9.53 Å². The molecule has 2 unspecified atom stereocenters. The Morgan fingerprint density at radius 3 is 3.06 bits per heavy atom. The number of ether oxygens (including phenoxy) is 1. The Morgan fingerprint density at radius 1 is 1.59 bits per heavy atom. The second-order valence-electron chi connectivity index (χ2n) is 4.30. The highest BCUT2D eigenvalue weighted by Gasteiger charge is 2.30. The molecule has 94 valence electrons. The summed E-state index contributed by atoms with van der Waals surface area (Å²) in [7, 11) is 1.60. The summed E-state index contributed by atoms with van der Waals surface area (Å²) in [5.41, 5.74) is 0. The number of methoxy groups -OCH3 is 1. The normalized spacial score (nSPS) is 24.8. The van der Waals surface area contributed by atoms with Gasteiger partial charge in [-0.15, -0.1) is 11.3 Å². The zero-order chi connectivity index (χ0) is 12.4. The minimum absolute atomic E-state index is 0.0812. The maximum absolute atomic E-state index is 12.4. The molecule has 1 amide bonds. The molecular formula is C12H18N2O2S. The average Bonchev–Trinajstić information content (AvgIpc) is 2.80. The van der Waals surface area contributed by atoms with Crippen LogP contribution in [0.5, 0.6) is 5.75 Å². The fourth-order valence-electron chi connectivity index (χ4n) is 2.09. The molecule has 2 rings (SSSR count). The summed E-state index contributed by atoms with van der Waals surface area (Å²) in [5.74, 6) is 0.760. The number of thiophene rings is 1. The predicted molar refractivity (Wildman–Crippen MR) is 68.8 cm³/mol. The molecule has 17 heavy (non-hydrogen) atoms. The Labute approximate surface area is 106 Å². The molecule has 0 saturated carbocycles. The molecule has 1 N–H and O–H groups in total. The van der Waals surface area contributed by atoms with Crippen LogP contribution >= 0.6 is 11.3 Å². The second kappa shape index (κ2) is 5.06. The number of carbonyl (C=O) groups excluding carboxylic acids is 1. The maximum Gasteiger partial charge on any atom is 0.268 e. The van der Waals surface area contributed by atoms with E-state index in [4.69, 9.17) is 4.74 Å². The van der Waals surface area contributed by atoms with Gasteiger partial charge in [-0.25, -0.2) is 0 Å². The van der Waals surface area contributed by atoms with Gasteiger partial charge in [-0.2, -0.15) is 0 Å². The third kappa shape index (κ3) is 2.30. The van der Waals surface area contributed by atoms with Crippen molar-refractivity contribution in [2.75, 3.05) is 20.2 Å². The lowest BCUT2D eigenvalue weighted by atomic mass is 10.1. The first-order chi connectivity index (χ1) is 8.15. The highest BCUT2D eigenvalue weighted by molar-refractivity contribution is 7.12. The molecular weight excluding hydrogens is 236 g/mol. The molecule has 1 aromatic rings. The van der Waals surface area contributed by atoms with Crippen molar-refractivity contribution in [1.29, 1.82) is 0 Å². The summed E-state index contributed by atoms with van der Waals surface area (Å²) in [6.07, 6.45) is 0. The first-order valence-corrected chi connectivity index (χ1v) is 6.69. The molecule has 0 spiro atoms. The number of rotatable bonds is 2. The Morgan fingerprint density at radius 2 is 2.35 bits per heavy atom. The van der Waals surface area contributed by atoms with Crippen LogP contribution in [-0.4, -0.2) is 43.1 Å². The van der Waals surface area contributed by atoms with E-state index in [0.29, 0.717) is 16.7 Å². The molecule has 0 aromatic carbocycles. The van der Waals surface area contributed by atoms with Crippen LogP contribution < -0.4 is 10.1 Å². The van der Waals surface area contributed by atoms with Gasteiger partial charge in [-0.05, 0) is 25.3 Å². The lowest BCUT2D eigenvalue weighted by Gasteiger charge is -2.38. The van der Waals surface area contributed by atoms with Crippen LogP contribution in [-0.2, 0) is 0 Å². The van der Waals surface area contributed by atoms with Crippen molar-refractivity contribution in [3.63, 3.8) is 0 Å². The summed E-state index contributed by atoms with van der Waals surface area (Å²) >= 11 is 1.44. The molecule has 1 fully saturated rings. The van der Waals surface area contributed by atoms with Gasteiger partial charge in [-0.3, -0.25) is 4.79 Å². The van der Waals surface area contributed by atoms with Crippen LogP contribution in [0.3, 0.4) is 0 Å². The van der Waals surface area contributed by atoms with Crippen molar-refractivity contribution in [3.8, 4) is 5.75 Å². The molecule has 1 aromatic heterocycles. The smallest absolute Gasteiger partial charge is 0.268 e. The molecule has 0 aliphatic carbocycles. The van der Waals surface area contributed by atoms with Crippen LogP contribution in [0.15, 0.2) is 11.4 Å². The monoisotopic (exact) mass is 254 g/mol. The fourth-order valence-corrected chi connectivity index (χ4v) is 2.90. The molecule has 1 aliphatic heterocycles. The highest BCUT2D eigenvalue weighted by Crippen LogP contribution is 2.27. The van der Waals surface area contributed by atoms with Gasteiger partial charge in [0.1, 0.15) is 10.6 Å². The van der Waals surface area contributed by atoms with Crippen LogP contribution in [0.1, 0.15) is 23.5 Å². The van der Waals surface area contributed by atoms with Crippen LogP contribution in [0.2, 0.25) is 0 Å². The lowest BCUT2D eigenvalue weighted by molar-refractivity contribution is 0.0605. The summed E-state index contributed by atoms with van der Waals surface area (Å²) in [6, 6.07) is 2.38. The molecule has 2 atom stereocenters.